The zero-order chi connectivity index (χ0) is 14.0. The van der Waals surface area contributed by atoms with E-state index in [9.17, 15) is 0 Å². The predicted molar refractivity (Wildman–Crippen MR) is 83.4 cm³/mol. The molecule has 2 heteroatoms. The highest BCUT2D eigenvalue weighted by molar-refractivity contribution is 6.30. The summed E-state index contributed by atoms with van der Waals surface area (Å²) in [7, 11) is 0. The summed E-state index contributed by atoms with van der Waals surface area (Å²) in [5.74, 6) is 1.41. The van der Waals surface area contributed by atoms with Gasteiger partial charge >= 0.3 is 0 Å². The van der Waals surface area contributed by atoms with Crippen LogP contribution in [0.3, 0.4) is 0 Å². The van der Waals surface area contributed by atoms with Crippen LogP contribution in [0.4, 0.5) is 0 Å². The van der Waals surface area contributed by atoms with E-state index in [-0.39, 0.29) is 5.41 Å². The van der Waals surface area contributed by atoms with Gasteiger partial charge in [-0.15, -0.1) is 0 Å². The number of halogens is 1. The van der Waals surface area contributed by atoms with Crippen molar-refractivity contribution in [3.63, 3.8) is 0 Å². The molecule has 3 atom stereocenters. The third kappa shape index (κ3) is 3.73. The van der Waals surface area contributed by atoms with Crippen molar-refractivity contribution in [2.45, 2.75) is 52.5 Å². The van der Waals surface area contributed by atoms with Crippen LogP contribution in [0.25, 0.3) is 0 Å². The molecule has 1 aromatic carbocycles. The highest BCUT2D eigenvalue weighted by Gasteiger charge is 2.37. The first-order chi connectivity index (χ1) is 8.88. The summed E-state index contributed by atoms with van der Waals surface area (Å²) in [6, 6.07) is 8.60. The van der Waals surface area contributed by atoms with Gasteiger partial charge in [-0.1, -0.05) is 50.9 Å². The standard InChI is InChI=1S/C17H26ClN/c1-12-4-9-15(16(19)10-12)17(2,3)11-13-5-7-14(18)8-6-13/h5-8,12,15-16H,4,9-11,19H2,1-3H3. The van der Waals surface area contributed by atoms with Gasteiger partial charge in [0.25, 0.3) is 0 Å². The van der Waals surface area contributed by atoms with Gasteiger partial charge in [0.05, 0.1) is 0 Å². The molecule has 0 heterocycles. The Bertz CT molecular complexity index is 410. The van der Waals surface area contributed by atoms with Gasteiger partial charge in [-0.2, -0.15) is 0 Å². The molecule has 2 rings (SSSR count). The van der Waals surface area contributed by atoms with Gasteiger partial charge in [0.15, 0.2) is 0 Å². The Morgan fingerprint density at radius 2 is 1.84 bits per heavy atom. The Labute approximate surface area is 122 Å². The third-order valence-electron chi connectivity index (χ3n) is 4.74. The Morgan fingerprint density at radius 1 is 1.21 bits per heavy atom. The summed E-state index contributed by atoms with van der Waals surface area (Å²) in [6.45, 7) is 7.05. The number of benzene rings is 1. The summed E-state index contributed by atoms with van der Waals surface area (Å²) < 4.78 is 0. The lowest BCUT2D eigenvalue weighted by Gasteiger charge is -2.43. The smallest absolute Gasteiger partial charge is 0.0406 e. The molecule has 1 fully saturated rings. The lowest BCUT2D eigenvalue weighted by Crippen LogP contribution is -2.44. The molecule has 1 nitrogen and oxygen atoms in total. The number of nitrogens with two attached hydrogens (primary N) is 1. The van der Waals surface area contributed by atoms with Crippen LogP contribution in [0.15, 0.2) is 24.3 Å². The second kappa shape index (κ2) is 5.85. The van der Waals surface area contributed by atoms with Crippen molar-refractivity contribution >= 4 is 11.6 Å². The van der Waals surface area contributed by atoms with E-state index in [2.05, 4.69) is 32.9 Å². The zero-order valence-corrected chi connectivity index (χ0v) is 13.1. The van der Waals surface area contributed by atoms with Gasteiger partial charge in [0, 0.05) is 11.1 Å². The maximum Gasteiger partial charge on any atom is 0.0406 e. The van der Waals surface area contributed by atoms with E-state index in [4.69, 9.17) is 17.3 Å². The summed E-state index contributed by atoms with van der Waals surface area (Å²) >= 11 is 5.95. The second-order valence-corrected chi connectivity index (χ2v) is 7.42. The minimum atomic E-state index is 0.257. The molecule has 106 valence electrons. The molecular formula is C17H26ClN. The maximum absolute atomic E-state index is 6.41. The van der Waals surface area contributed by atoms with E-state index in [1.165, 1.54) is 24.8 Å². The van der Waals surface area contributed by atoms with Crippen molar-refractivity contribution in [3.05, 3.63) is 34.9 Å². The molecule has 1 aliphatic rings. The predicted octanol–water partition coefficient (Wildman–Crippen LogP) is 4.67. The van der Waals surface area contributed by atoms with Crippen LogP contribution in [0.1, 0.15) is 45.6 Å². The van der Waals surface area contributed by atoms with E-state index in [0.717, 1.165) is 17.4 Å². The largest absolute Gasteiger partial charge is 0.327 e. The van der Waals surface area contributed by atoms with Gasteiger partial charge in [0.2, 0.25) is 0 Å². The van der Waals surface area contributed by atoms with E-state index < -0.39 is 0 Å². The molecule has 0 bridgehead atoms. The molecule has 3 unspecified atom stereocenters. The summed E-state index contributed by atoms with van der Waals surface area (Å²) in [4.78, 5) is 0. The van der Waals surface area contributed by atoms with Crippen LogP contribution in [0.2, 0.25) is 5.02 Å². The monoisotopic (exact) mass is 279 g/mol. The van der Waals surface area contributed by atoms with Gasteiger partial charge in [-0.05, 0) is 54.2 Å². The fourth-order valence-corrected chi connectivity index (χ4v) is 3.78. The first kappa shape index (κ1) is 14.9. The van der Waals surface area contributed by atoms with Crippen molar-refractivity contribution < 1.29 is 0 Å². The van der Waals surface area contributed by atoms with Crippen molar-refractivity contribution in [2.24, 2.45) is 23.0 Å². The van der Waals surface area contributed by atoms with Gasteiger partial charge in [-0.3, -0.25) is 0 Å². The number of rotatable bonds is 3. The van der Waals surface area contributed by atoms with Crippen LogP contribution >= 0.6 is 11.6 Å². The molecule has 1 aromatic rings. The average molecular weight is 280 g/mol. The van der Waals surface area contributed by atoms with Crippen molar-refractivity contribution in [1.29, 1.82) is 0 Å². The van der Waals surface area contributed by atoms with Gasteiger partial charge in [0.1, 0.15) is 0 Å². The maximum atomic E-state index is 6.41. The zero-order valence-electron chi connectivity index (χ0n) is 12.3. The van der Waals surface area contributed by atoms with E-state index in [1.54, 1.807) is 0 Å². The molecule has 0 amide bonds. The van der Waals surface area contributed by atoms with E-state index in [0.29, 0.717) is 12.0 Å². The van der Waals surface area contributed by atoms with Crippen molar-refractivity contribution in [2.75, 3.05) is 0 Å². The first-order valence-corrected chi connectivity index (χ1v) is 7.76. The molecular weight excluding hydrogens is 254 g/mol. The molecule has 0 radical (unpaired) electrons. The number of hydrogen-bond donors (Lipinski definition) is 1. The van der Waals surface area contributed by atoms with Crippen molar-refractivity contribution in [1.82, 2.24) is 0 Å². The first-order valence-electron chi connectivity index (χ1n) is 7.38. The normalized spacial score (nSPS) is 28.4. The fraction of sp³-hybridized carbons (Fsp3) is 0.647. The summed E-state index contributed by atoms with van der Waals surface area (Å²) in [6.07, 6.45) is 4.84. The minimum Gasteiger partial charge on any atom is -0.327 e. The Hall–Kier alpha value is -0.530. The van der Waals surface area contributed by atoms with Crippen LogP contribution in [0, 0.1) is 17.3 Å². The Balaban J connectivity index is 2.07. The highest BCUT2D eigenvalue weighted by atomic mass is 35.5. The highest BCUT2D eigenvalue weighted by Crippen LogP contribution is 2.41. The summed E-state index contributed by atoms with van der Waals surface area (Å²) in [5, 5.41) is 0.810. The number of hydrogen-bond acceptors (Lipinski definition) is 1. The SMILES string of the molecule is CC1CCC(C(C)(C)Cc2ccc(Cl)cc2)C(N)C1. The lowest BCUT2D eigenvalue weighted by molar-refractivity contribution is 0.113. The third-order valence-corrected chi connectivity index (χ3v) is 4.99. The molecule has 0 spiro atoms. The molecule has 1 saturated carbocycles. The van der Waals surface area contributed by atoms with Crippen LogP contribution in [-0.2, 0) is 6.42 Å². The average Bonchev–Trinajstić information content (AvgIpc) is 2.31. The van der Waals surface area contributed by atoms with Crippen LogP contribution in [0.5, 0.6) is 0 Å². The van der Waals surface area contributed by atoms with Gasteiger partial charge < -0.3 is 5.73 Å². The van der Waals surface area contributed by atoms with Crippen LogP contribution in [-0.4, -0.2) is 6.04 Å². The molecule has 0 aromatic heterocycles. The molecule has 1 aliphatic carbocycles. The van der Waals surface area contributed by atoms with E-state index >= 15 is 0 Å². The Kier molecular flexibility index (Phi) is 4.58. The van der Waals surface area contributed by atoms with Gasteiger partial charge in [-0.25, -0.2) is 0 Å². The Morgan fingerprint density at radius 3 is 2.42 bits per heavy atom. The minimum absolute atomic E-state index is 0.257. The molecule has 19 heavy (non-hydrogen) atoms. The van der Waals surface area contributed by atoms with E-state index in [1.807, 2.05) is 12.1 Å². The van der Waals surface area contributed by atoms with Crippen molar-refractivity contribution in [3.8, 4) is 0 Å². The fourth-order valence-electron chi connectivity index (χ4n) is 3.65. The van der Waals surface area contributed by atoms with Crippen LogP contribution < -0.4 is 5.73 Å². The topological polar surface area (TPSA) is 26.0 Å². The molecule has 2 N–H and O–H groups in total. The summed E-state index contributed by atoms with van der Waals surface area (Å²) in [5.41, 5.74) is 8.03. The lowest BCUT2D eigenvalue weighted by atomic mass is 9.64. The molecule has 0 aliphatic heterocycles. The molecule has 0 saturated heterocycles. The quantitative estimate of drug-likeness (QED) is 0.855. The second-order valence-electron chi connectivity index (χ2n) is 6.98.